The predicted octanol–water partition coefficient (Wildman–Crippen LogP) is 5.14. The average molecular weight is 546 g/mol. The van der Waals surface area contributed by atoms with Gasteiger partial charge in [-0.15, -0.1) is 0 Å². The molecule has 2 saturated heterocycles. The smallest absolute Gasteiger partial charge is 0.325 e. The van der Waals surface area contributed by atoms with Crippen molar-refractivity contribution in [3.63, 3.8) is 0 Å². The Labute approximate surface area is 235 Å². The summed E-state index contributed by atoms with van der Waals surface area (Å²) >= 11 is 0. The molecule has 3 amide bonds. The van der Waals surface area contributed by atoms with Gasteiger partial charge in [-0.1, -0.05) is 26.0 Å². The van der Waals surface area contributed by atoms with Gasteiger partial charge < -0.3 is 19.3 Å². The molecule has 6 rings (SSSR count). The van der Waals surface area contributed by atoms with Gasteiger partial charge in [0.1, 0.15) is 11.5 Å². The minimum absolute atomic E-state index is 0.00922. The first kappa shape index (κ1) is 27.6. The van der Waals surface area contributed by atoms with Crippen LogP contribution in [0.25, 0.3) is 5.52 Å². The lowest BCUT2D eigenvalue weighted by molar-refractivity contribution is 0.0577. The maximum Gasteiger partial charge on any atom is 0.325 e. The van der Waals surface area contributed by atoms with E-state index in [1.54, 1.807) is 24.9 Å². The standard InChI is InChI=1S/C29H33N5O4.C2H6/c1-4-33-28(36)32-19-20-16-21(37-2)17-25(38-3)22(20)8-7-10-26(32)29(33)11-14-31(15-12-29)27(35)23-18-30-34-13-6-5-9-24(23)34;1-2/h5-6,9-10,13,16-18H,4,7-8,11-12,14-15,19H2,1-3H3;1-2H3/b26-10-;. The van der Waals surface area contributed by atoms with Crippen LogP contribution in [0, 0.1) is 0 Å². The number of hydrogen-bond acceptors (Lipinski definition) is 5. The fourth-order valence-corrected chi connectivity index (χ4v) is 6.51. The first-order chi connectivity index (χ1) is 19.5. The van der Waals surface area contributed by atoms with Gasteiger partial charge in [-0.05, 0) is 61.9 Å². The molecular formula is C31H39N5O4. The normalized spacial score (nSPS) is 19.2. The highest BCUT2D eigenvalue weighted by molar-refractivity contribution is 6.00. The second-order valence-corrected chi connectivity index (χ2v) is 10.1. The number of carbonyl (C=O) groups is 2. The summed E-state index contributed by atoms with van der Waals surface area (Å²) in [5.74, 6) is 1.51. The molecular weight excluding hydrogens is 506 g/mol. The number of aromatic nitrogens is 2. The molecule has 0 bridgehead atoms. The SMILES string of the molecule is CC.CCN1C(=O)N2Cc3cc(OC)cc(OC)c3CC/C=C\2C12CCN(C(=O)c1cnn3ccccc13)CC2. The largest absolute Gasteiger partial charge is 0.497 e. The maximum atomic E-state index is 13.8. The number of amides is 3. The van der Waals surface area contributed by atoms with Crippen LogP contribution in [0.3, 0.4) is 0 Å². The Bertz CT molecular complexity index is 1440. The van der Waals surface area contributed by atoms with E-state index in [0.29, 0.717) is 44.6 Å². The van der Waals surface area contributed by atoms with E-state index in [2.05, 4.69) is 11.2 Å². The van der Waals surface area contributed by atoms with Crippen molar-refractivity contribution in [1.29, 1.82) is 0 Å². The summed E-state index contributed by atoms with van der Waals surface area (Å²) in [6.07, 6.45) is 8.78. The number of hydrogen-bond donors (Lipinski definition) is 0. The summed E-state index contributed by atoms with van der Waals surface area (Å²) in [6, 6.07) is 9.69. The highest BCUT2D eigenvalue weighted by atomic mass is 16.5. The number of rotatable bonds is 4. The van der Waals surface area contributed by atoms with Gasteiger partial charge in [-0.2, -0.15) is 5.10 Å². The van der Waals surface area contributed by atoms with Gasteiger partial charge in [-0.25, -0.2) is 9.31 Å². The Balaban J connectivity index is 0.00000158. The first-order valence-electron chi connectivity index (χ1n) is 14.3. The van der Waals surface area contributed by atoms with Crippen LogP contribution in [0.2, 0.25) is 0 Å². The second-order valence-electron chi connectivity index (χ2n) is 10.1. The molecule has 2 fully saturated rings. The number of likely N-dealkylation sites (N-methyl/N-ethyl adjacent to an activating group) is 1. The molecule has 0 atom stereocenters. The zero-order valence-electron chi connectivity index (χ0n) is 24.1. The number of urea groups is 1. The molecule has 1 aromatic carbocycles. The molecule has 5 heterocycles. The third-order valence-corrected chi connectivity index (χ3v) is 8.39. The summed E-state index contributed by atoms with van der Waals surface area (Å²) in [5, 5.41) is 4.34. The Morgan fingerprint density at radius 1 is 1.10 bits per heavy atom. The number of fused-ring (bicyclic) bond motifs is 4. The number of nitrogens with zero attached hydrogens (tertiary/aromatic N) is 5. The molecule has 3 aromatic rings. The Kier molecular flexibility index (Phi) is 7.74. The molecule has 212 valence electrons. The van der Waals surface area contributed by atoms with Crippen molar-refractivity contribution in [2.75, 3.05) is 33.9 Å². The lowest BCUT2D eigenvalue weighted by Gasteiger charge is -2.44. The molecule has 1 spiro atoms. The predicted molar refractivity (Wildman–Crippen MR) is 154 cm³/mol. The molecule has 0 N–H and O–H groups in total. The Morgan fingerprint density at radius 2 is 1.88 bits per heavy atom. The quantitative estimate of drug-likeness (QED) is 0.454. The van der Waals surface area contributed by atoms with Gasteiger partial charge in [-0.3, -0.25) is 9.69 Å². The van der Waals surface area contributed by atoms with Crippen molar-refractivity contribution >= 4 is 17.5 Å². The van der Waals surface area contributed by atoms with E-state index in [1.165, 1.54) is 0 Å². The fraction of sp³-hybridized carbons (Fsp3) is 0.452. The van der Waals surface area contributed by atoms with E-state index in [9.17, 15) is 9.59 Å². The second kappa shape index (κ2) is 11.2. The molecule has 0 unspecified atom stereocenters. The van der Waals surface area contributed by atoms with Crippen LogP contribution in [0.4, 0.5) is 4.79 Å². The monoisotopic (exact) mass is 545 g/mol. The van der Waals surface area contributed by atoms with Gasteiger partial charge in [0, 0.05) is 37.6 Å². The summed E-state index contributed by atoms with van der Waals surface area (Å²) < 4.78 is 12.9. The number of carbonyl (C=O) groups excluding carboxylic acids is 2. The molecule has 0 aliphatic carbocycles. The van der Waals surface area contributed by atoms with Crippen molar-refractivity contribution < 1.29 is 19.1 Å². The van der Waals surface area contributed by atoms with Gasteiger partial charge in [0.15, 0.2) is 0 Å². The number of pyridine rings is 1. The van der Waals surface area contributed by atoms with E-state index in [1.807, 2.05) is 72.0 Å². The fourth-order valence-electron chi connectivity index (χ4n) is 6.51. The molecule has 0 radical (unpaired) electrons. The number of benzene rings is 1. The zero-order valence-corrected chi connectivity index (χ0v) is 24.1. The molecule has 0 saturated carbocycles. The van der Waals surface area contributed by atoms with Gasteiger partial charge in [0.25, 0.3) is 5.91 Å². The summed E-state index contributed by atoms with van der Waals surface area (Å²) in [5.41, 5.74) is 4.25. The summed E-state index contributed by atoms with van der Waals surface area (Å²) in [4.78, 5) is 33.2. The van der Waals surface area contributed by atoms with E-state index < -0.39 is 5.54 Å². The van der Waals surface area contributed by atoms with Crippen molar-refractivity contribution in [2.45, 2.75) is 58.5 Å². The highest BCUT2D eigenvalue weighted by Crippen LogP contribution is 2.46. The maximum absolute atomic E-state index is 13.8. The molecule has 3 aliphatic rings. The van der Waals surface area contributed by atoms with E-state index in [-0.39, 0.29) is 11.9 Å². The van der Waals surface area contributed by atoms with Crippen LogP contribution < -0.4 is 9.47 Å². The minimum atomic E-state index is -0.413. The van der Waals surface area contributed by atoms with Crippen LogP contribution in [0.1, 0.15) is 61.5 Å². The minimum Gasteiger partial charge on any atom is -0.497 e. The van der Waals surface area contributed by atoms with E-state index >= 15 is 0 Å². The molecule has 2 aromatic heterocycles. The van der Waals surface area contributed by atoms with Crippen molar-refractivity contribution in [1.82, 2.24) is 24.3 Å². The molecule has 9 heteroatoms. The van der Waals surface area contributed by atoms with Crippen molar-refractivity contribution in [3.8, 4) is 11.5 Å². The summed E-state index contributed by atoms with van der Waals surface area (Å²) in [7, 11) is 3.32. The molecule has 9 nitrogen and oxygen atoms in total. The van der Waals surface area contributed by atoms with Crippen molar-refractivity contribution in [2.24, 2.45) is 0 Å². The van der Waals surface area contributed by atoms with Crippen LogP contribution in [0.5, 0.6) is 11.5 Å². The van der Waals surface area contributed by atoms with Crippen LogP contribution in [-0.2, 0) is 13.0 Å². The number of piperidine rings is 1. The van der Waals surface area contributed by atoms with Gasteiger partial charge >= 0.3 is 6.03 Å². The number of ether oxygens (including phenoxy) is 2. The topological polar surface area (TPSA) is 79.6 Å². The van der Waals surface area contributed by atoms with Crippen LogP contribution >= 0.6 is 0 Å². The zero-order chi connectivity index (χ0) is 28.4. The lowest BCUT2D eigenvalue weighted by atomic mass is 9.82. The molecule has 3 aliphatic heterocycles. The lowest BCUT2D eigenvalue weighted by Crippen LogP contribution is -2.54. The summed E-state index contributed by atoms with van der Waals surface area (Å²) in [6.45, 7) is 8.28. The van der Waals surface area contributed by atoms with Gasteiger partial charge in [0.05, 0.1) is 43.6 Å². The number of allylic oxidation sites excluding steroid dienone is 1. The van der Waals surface area contributed by atoms with Crippen LogP contribution in [-0.4, -0.2) is 75.6 Å². The van der Waals surface area contributed by atoms with Gasteiger partial charge in [0.2, 0.25) is 0 Å². The number of likely N-dealkylation sites (tertiary alicyclic amines) is 1. The van der Waals surface area contributed by atoms with Crippen LogP contribution in [0.15, 0.2) is 54.5 Å². The average Bonchev–Trinajstić information content (AvgIpc) is 3.50. The van der Waals surface area contributed by atoms with E-state index in [4.69, 9.17) is 9.47 Å². The van der Waals surface area contributed by atoms with E-state index in [0.717, 1.165) is 46.7 Å². The first-order valence-corrected chi connectivity index (χ1v) is 14.3. The highest BCUT2D eigenvalue weighted by Gasteiger charge is 2.54. The third kappa shape index (κ3) is 4.37. The number of methoxy groups -OCH3 is 2. The Morgan fingerprint density at radius 3 is 2.58 bits per heavy atom. The Hall–Kier alpha value is -4.01. The molecule has 40 heavy (non-hydrogen) atoms. The van der Waals surface area contributed by atoms with Crippen molar-refractivity contribution in [3.05, 3.63) is 71.2 Å². The third-order valence-electron chi connectivity index (χ3n) is 8.39.